The van der Waals surface area contributed by atoms with E-state index in [2.05, 4.69) is 0 Å². The fourth-order valence-corrected chi connectivity index (χ4v) is 1.54. The number of carbonyl (C=O) groups is 1. The first-order chi connectivity index (χ1) is 7.03. The lowest BCUT2D eigenvalue weighted by molar-refractivity contribution is -0.135. The maximum atomic E-state index is 11.8. The first kappa shape index (κ1) is 12.4. The molecule has 1 aliphatic heterocycles. The Labute approximate surface area is 89.6 Å². The molecule has 88 valence electrons. The SMILES string of the molecule is CC(C)(CO)[C@@H]1OCN(CCCO)C1=O. The van der Waals surface area contributed by atoms with Crippen molar-refractivity contribution in [1.82, 2.24) is 4.90 Å². The number of hydrogen-bond acceptors (Lipinski definition) is 4. The second-order valence-electron chi connectivity index (χ2n) is 4.50. The maximum absolute atomic E-state index is 11.8. The Kier molecular flexibility index (Phi) is 4.07. The summed E-state index contributed by atoms with van der Waals surface area (Å²) in [4.78, 5) is 13.4. The summed E-state index contributed by atoms with van der Waals surface area (Å²) in [7, 11) is 0. The van der Waals surface area contributed by atoms with E-state index < -0.39 is 11.5 Å². The highest BCUT2D eigenvalue weighted by Gasteiger charge is 2.42. The van der Waals surface area contributed by atoms with Gasteiger partial charge in [0.2, 0.25) is 0 Å². The highest BCUT2D eigenvalue weighted by Crippen LogP contribution is 2.28. The molecule has 1 rings (SSSR count). The molecule has 1 saturated heterocycles. The number of nitrogens with zero attached hydrogens (tertiary/aromatic N) is 1. The number of rotatable bonds is 5. The van der Waals surface area contributed by atoms with Crippen molar-refractivity contribution in [2.45, 2.75) is 26.4 Å². The second kappa shape index (κ2) is 4.92. The van der Waals surface area contributed by atoms with Gasteiger partial charge < -0.3 is 19.8 Å². The van der Waals surface area contributed by atoms with Gasteiger partial charge in [0, 0.05) is 18.6 Å². The fourth-order valence-electron chi connectivity index (χ4n) is 1.54. The van der Waals surface area contributed by atoms with Crippen LogP contribution in [0.1, 0.15) is 20.3 Å². The third-order valence-corrected chi connectivity index (χ3v) is 2.64. The van der Waals surface area contributed by atoms with Crippen LogP contribution in [0.15, 0.2) is 0 Å². The molecule has 0 aromatic rings. The molecule has 0 spiro atoms. The Morgan fingerprint density at radius 1 is 1.53 bits per heavy atom. The predicted molar refractivity (Wildman–Crippen MR) is 54.0 cm³/mol. The summed E-state index contributed by atoms with van der Waals surface area (Å²) in [6.07, 6.45) is -0.0114. The summed E-state index contributed by atoms with van der Waals surface area (Å²) in [6, 6.07) is 0. The quantitative estimate of drug-likeness (QED) is 0.655. The Morgan fingerprint density at radius 2 is 2.20 bits per heavy atom. The van der Waals surface area contributed by atoms with Crippen LogP contribution < -0.4 is 0 Å². The maximum Gasteiger partial charge on any atom is 0.254 e. The molecule has 0 saturated carbocycles. The molecule has 5 nitrogen and oxygen atoms in total. The molecule has 0 bridgehead atoms. The highest BCUT2D eigenvalue weighted by molar-refractivity contribution is 5.83. The smallest absolute Gasteiger partial charge is 0.254 e. The minimum absolute atomic E-state index is 0.0673. The van der Waals surface area contributed by atoms with Gasteiger partial charge in [0.1, 0.15) is 12.8 Å². The lowest BCUT2D eigenvalue weighted by atomic mass is 9.87. The topological polar surface area (TPSA) is 70.0 Å². The minimum atomic E-state index is -0.568. The van der Waals surface area contributed by atoms with Crippen molar-refractivity contribution in [3.63, 3.8) is 0 Å². The second-order valence-corrected chi connectivity index (χ2v) is 4.50. The molecule has 0 radical (unpaired) electrons. The van der Waals surface area contributed by atoms with Crippen LogP contribution in [-0.2, 0) is 9.53 Å². The van der Waals surface area contributed by atoms with Crippen LogP contribution >= 0.6 is 0 Å². The van der Waals surface area contributed by atoms with E-state index in [4.69, 9.17) is 14.9 Å². The molecular weight excluding hydrogens is 198 g/mol. The van der Waals surface area contributed by atoms with E-state index in [9.17, 15) is 4.79 Å². The van der Waals surface area contributed by atoms with Crippen LogP contribution in [0.5, 0.6) is 0 Å². The van der Waals surface area contributed by atoms with Gasteiger partial charge in [-0.2, -0.15) is 0 Å². The summed E-state index contributed by atoms with van der Waals surface area (Å²) in [5, 5.41) is 17.8. The average Bonchev–Trinajstić information content (AvgIpc) is 2.57. The van der Waals surface area contributed by atoms with Crippen LogP contribution in [0, 0.1) is 5.41 Å². The van der Waals surface area contributed by atoms with Gasteiger partial charge >= 0.3 is 0 Å². The van der Waals surface area contributed by atoms with Crippen molar-refractivity contribution >= 4 is 5.91 Å². The summed E-state index contributed by atoms with van der Waals surface area (Å²) < 4.78 is 5.37. The molecule has 0 unspecified atom stereocenters. The lowest BCUT2D eigenvalue weighted by Gasteiger charge is -2.26. The summed E-state index contributed by atoms with van der Waals surface area (Å²) in [6.45, 7) is 4.34. The van der Waals surface area contributed by atoms with Crippen molar-refractivity contribution < 1.29 is 19.7 Å². The van der Waals surface area contributed by atoms with Crippen LogP contribution in [0.2, 0.25) is 0 Å². The molecule has 1 heterocycles. The van der Waals surface area contributed by atoms with Crippen molar-refractivity contribution in [2.24, 2.45) is 5.41 Å². The summed E-state index contributed by atoms with van der Waals surface area (Å²) >= 11 is 0. The van der Waals surface area contributed by atoms with Gasteiger partial charge in [-0.3, -0.25) is 4.79 Å². The zero-order chi connectivity index (χ0) is 11.5. The Balaban J connectivity index is 2.56. The van der Waals surface area contributed by atoms with Gasteiger partial charge in [0.15, 0.2) is 0 Å². The first-order valence-electron chi connectivity index (χ1n) is 5.15. The largest absolute Gasteiger partial charge is 0.396 e. The van der Waals surface area contributed by atoms with Gasteiger partial charge in [-0.25, -0.2) is 0 Å². The van der Waals surface area contributed by atoms with E-state index in [1.807, 2.05) is 0 Å². The normalized spacial score (nSPS) is 22.5. The Morgan fingerprint density at radius 3 is 2.73 bits per heavy atom. The molecule has 0 aliphatic carbocycles. The molecule has 0 aromatic carbocycles. The average molecular weight is 217 g/mol. The van der Waals surface area contributed by atoms with Crippen molar-refractivity contribution in [1.29, 1.82) is 0 Å². The number of aliphatic hydroxyl groups excluding tert-OH is 2. The molecule has 5 heteroatoms. The fraction of sp³-hybridized carbons (Fsp3) is 0.900. The first-order valence-corrected chi connectivity index (χ1v) is 5.15. The van der Waals surface area contributed by atoms with E-state index in [-0.39, 0.29) is 25.9 Å². The standard InChI is InChI=1S/C10H19NO4/c1-10(2,6-13)8-9(14)11(7-15-8)4-3-5-12/h8,12-13H,3-7H2,1-2H3/t8-/m1/s1. The summed E-state index contributed by atoms with van der Waals surface area (Å²) in [5.74, 6) is -0.0949. The Hall–Kier alpha value is -0.650. The predicted octanol–water partition coefficient (Wildman–Crippen LogP) is -0.428. The number of ether oxygens (including phenoxy) is 1. The van der Waals surface area contributed by atoms with Gasteiger partial charge in [-0.1, -0.05) is 13.8 Å². The van der Waals surface area contributed by atoms with Crippen LogP contribution in [-0.4, -0.2) is 53.6 Å². The van der Waals surface area contributed by atoms with Crippen LogP contribution in [0.3, 0.4) is 0 Å². The van der Waals surface area contributed by atoms with Crippen molar-refractivity contribution in [2.75, 3.05) is 26.5 Å². The monoisotopic (exact) mass is 217 g/mol. The van der Waals surface area contributed by atoms with E-state index in [0.29, 0.717) is 13.0 Å². The van der Waals surface area contributed by atoms with E-state index in [1.165, 1.54) is 0 Å². The molecule has 1 amide bonds. The third kappa shape index (κ3) is 2.68. The number of aliphatic hydroxyl groups is 2. The minimum Gasteiger partial charge on any atom is -0.396 e. The van der Waals surface area contributed by atoms with Gasteiger partial charge in [0.05, 0.1) is 6.61 Å². The zero-order valence-corrected chi connectivity index (χ0v) is 9.27. The molecule has 1 aliphatic rings. The van der Waals surface area contributed by atoms with Gasteiger partial charge in [-0.15, -0.1) is 0 Å². The highest BCUT2D eigenvalue weighted by atomic mass is 16.5. The molecule has 1 fully saturated rings. The van der Waals surface area contributed by atoms with Crippen molar-refractivity contribution in [3.05, 3.63) is 0 Å². The van der Waals surface area contributed by atoms with E-state index in [0.717, 1.165) is 0 Å². The van der Waals surface area contributed by atoms with E-state index in [1.54, 1.807) is 18.7 Å². The molecular formula is C10H19NO4. The third-order valence-electron chi connectivity index (χ3n) is 2.64. The molecule has 2 N–H and O–H groups in total. The van der Waals surface area contributed by atoms with Gasteiger partial charge in [0.25, 0.3) is 5.91 Å². The Bertz CT molecular complexity index is 229. The lowest BCUT2D eigenvalue weighted by Crippen LogP contribution is -2.41. The van der Waals surface area contributed by atoms with E-state index >= 15 is 0 Å². The molecule has 15 heavy (non-hydrogen) atoms. The van der Waals surface area contributed by atoms with Crippen LogP contribution in [0.4, 0.5) is 0 Å². The van der Waals surface area contributed by atoms with Gasteiger partial charge in [-0.05, 0) is 6.42 Å². The van der Waals surface area contributed by atoms with Crippen molar-refractivity contribution in [3.8, 4) is 0 Å². The molecule has 0 aromatic heterocycles. The zero-order valence-electron chi connectivity index (χ0n) is 9.27. The number of hydrogen-bond donors (Lipinski definition) is 2. The number of carbonyl (C=O) groups excluding carboxylic acids is 1. The van der Waals surface area contributed by atoms with Crippen LogP contribution in [0.25, 0.3) is 0 Å². The molecule has 1 atom stereocenters. The number of amides is 1. The summed E-state index contributed by atoms with van der Waals surface area (Å²) in [5.41, 5.74) is -0.551.